The van der Waals surface area contributed by atoms with Crippen LogP contribution in [0.4, 0.5) is 20.3 Å². The normalized spacial score (nSPS) is 10.6. The molecule has 3 aromatic rings. The first-order valence-corrected chi connectivity index (χ1v) is 7.70. The summed E-state index contributed by atoms with van der Waals surface area (Å²) in [5.41, 5.74) is 0.438. The number of methoxy groups -OCH3 is 1. The molecule has 0 atom stereocenters. The number of aromatic nitrogens is 3. The van der Waals surface area contributed by atoms with Crippen LogP contribution >= 0.6 is 0 Å². The number of anilines is 2. The van der Waals surface area contributed by atoms with Gasteiger partial charge in [-0.15, -0.1) is 0 Å². The molecule has 0 aliphatic rings. The first-order valence-electron chi connectivity index (χ1n) is 7.70. The van der Waals surface area contributed by atoms with Crippen molar-refractivity contribution >= 4 is 17.4 Å². The van der Waals surface area contributed by atoms with Crippen LogP contribution < -0.4 is 15.0 Å². The molecule has 0 saturated carbocycles. The summed E-state index contributed by atoms with van der Waals surface area (Å²) in [6, 6.07) is 4.55. The van der Waals surface area contributed by atoms with Crippen molar-refractivity contribution in [3.05, 3.63) is 47.9 Å². The Bertz CT molecular complexity index is 990. The Hall–Kier alpha value is -3.56. The first kappa shape index (κ1) is 18.2. The van der Waals surface area contributed by atoms with E-state index < -0.39 is 17.5 Å². The summed E-state index contributed by atoms with van der Waals surface area (Å²) in [6.07, 6.45) is 1.31. The van der Waals surface area contributed by atoms with Crippen molar-refractivity contribution in [2.45, 2.75) is 0 Å². The Labute approximate surface area is 152 Å². The zero-order chi connectivity index (χ0) is 19.6. The molecule has 0 spiro atoms. The molecular weight excluding hydrogens is 360 g/mol. The Morgan fingerprint density at radius 2 is 1.96 bits per heavy atom. The van der Waals surface area contributed by atoms with E-state index in [1.54, 1.807) is 19.0 Å². The molecule has 8 nitrogen and oxygen atoms in total. The monoisotopic (exact) mass is 375 g/mol. The summed E-state index contributed by atoms with van der Waals surface area (Å²) in [4.78, 5) is 22.3. The number of nitrogens with zero attached hydrogens (tertiary/aromatic N) is 4. The van der Waals surface area contributed by atoms with E-state index >= 15 is 0 Å². The minimum absolute atomic E-state index is 0.0645. The number of ether oxygens (including phenoxy) is 1. The largest absolute Gasteiger partial charge is 0.479 e. The highest BCUT2D eigenvalue weighted by Gasteiger charge is 2.20. The van der Waals surface area contributed by atoms with Gasteiger partial charge in [0.15, 0.2) is 28.9 Å². The number of halogens is 2. The molecule has 0 aliphatic heterocycles. The highest BCUT2D eigenvalue weighted by Crippen LogP contribution is 2.30. The van der Waals surface area contributed by atoms with Crippen molar-refractivity contribution in [3.63, 3.8) is 0 Å². The summed E-state index contributed by atoms with van der Waals surface area (Å²) in [6.45, 7) is 0. The van der Waals surface area contributed by atoms with Crippen LogP contribution in [0.5, 0.6) is 5.88 Å². The van der Waals surface area contributed by atoms with Gasteiger partial charge in [0, 0.05) is 25.7 Å². The van der Waals surface area contributed by atoms with Crippen molar-refractivity contribution in [2.75, 3.05) is 31.4 Å². The lowest BCUT2D eigenvalue weighted by Crippen LogP contribution is -2.19. The predicted molar refractivity (Wildman–Crippen MR) is 92.7 cm³/mol. The van der Waals surface area contributed by atoms with E-state index in [2.05, 4.69) is 20.4 Å². The van der Waals surface area contributed by atoms with Crippen LogP contribution in [-0.4, -0.2) is 42.2 Å². The van der Waals surface area contributed by atoms with Crippen molar-refractivity contribution in [2.24, 2.45) is 0 Å². The third-order valence-electron chi connectivity index (χ3n) is 3.59. The Kier molecular flexibility index (Phi) is 4.97. The van der Waals surface area contributed by atoms with Crippen LogP contribution in [0.2, 0.25) is 0 Å². The van der Waals surface area contributed by atoms with E-state index in [1.807, 2.05) is 0 Å². The van der Waals surface area contributed by atoms with Crippen molar-refractivity contribution in [1.29, 1.82) is 0 Å². The van der Waals surface area contributed by atoms with Crippen LogP contribution in [0.25, 0.3) is 11.3 Å². The number of carbonyl (C=O) groups excluding carboxylic acids is 1. The molecule has 1 N–H and O–H groups in total. The number of nitrogens with one attached hydrogen (secondary N) is 1. The lowest BCUT2D eigenvalue weighted by atomic mass is 10.1. The third kappa shape index (κ3) is 3.68. The molecule has 0 unspecified atom stereocenters. The van der Waals surface area contributed by atoms with E-state index in [0.717, 1.165) is 12.1 Å². The maximum Gasteiger partial charge on any atom is 0.278 e. The van der Waals surface area contributed by atoms with Gasteiger partial charge in [0.25, 0.3) is 5.91 Å². The van der Waals surface area contributed by atoms with Crippen LogP contribution in [0.15, 0.2) is 35.1 Å². The van der Waals surface area contributed by atoms with E-state index in [4.69, 9.17) is 9.26 Å². The SMILES string of the molecule is COc1ncnc(N(C)C)c1NC(=O)c1cc(-c2ccc(F)c(F)c2)on1. The van der Waals surface area contributed by atoms with Crippen LogP contribution in [0.1, 0.15) is 10.5 Å². The molecule has 0 fully saturated rings. The number of benzene rings is 1. The fourth-order valence-corrected chi connectivity index (χ4v) is 2.31. The molecule has 1 amide bonds. The Morgan fingerprint density at radius 1 is 1.19 bits per heavy atom. The molecule has 0 bridgehead atoms. The minimum Gasteiger partial charge on any atom is -0.479 e. The molecule has 2 heterocycles. The van der Waals surface area contributed by atoms with E-state index in [1.165, 1.54) is 25.6 Å². The van der Waals surface area contributed by atoms with Crippen LogP contribution in [-0.2, 0) is 0 Å². The summed E-state index contributed by atoms with van der Waals surface area (Å²) in [5.74, 6) is -1.90. The first-order chi connectivity index (χ1) is 12.9. The summed E-state index contributed by atoms with van der Waals surface area (Å²) >= 11 is 0. The molecule has 0 radical (unpaired) electrons. The smallest absolute Gasteiger partial charge is 0.278 e. The molecule has 0 aliphatic carbocycles. The van der Waals surface area contributed by atoms with Gasteiger partial charge in [-0.05, 0) is 18.2 Å². The lowest BCUT2D eigenvalue weighted by Gasteiger charge is -2.17. The van der Waals surface area contributed by atoms with Gasteiger partial charge in [0.1, 0.15) is 12.0 Å². The van der Waals surface area contributed by atoms with E-state index in [9.17, 15) is 13.6 Å². The third-order valence-corrected chi connectivity index (χ3v) is 3.59. The molecule has 27 heavy (non-hydrogen) atoms. The van der Waals surface area contributed by atoms with Gasteiger partial charge < -0.3 is 19.5 Å². The van der Waals surface area contributed by atoms with Gasteiger partial charge in [-0.3, -0.25) is 4.79 Å². The second kappa shape index (κ2) is 7.36. The fraction of sp³-hybridized carbons (Fsp3) is 0.176. The number of carbonyl (C=O) groups is 1. The Balaban J connectivity index is 1.88. The maximum atomic E-state index is 13.4. The minimum atomic E-state index is -1.03. The Morgan fingerprint density at radius 3 is 2.63 bits per heavy atom. The van der Waals surface area contributed by atoms with Gasteiger partial charge in [0.05, 0.1) is 7.11 Å². The summed E-state index contributed by atoms with van der Waals surface area (Å²) in [5, 5.41) is 6.30. The quantitative estimate of drug-likeness (QED) is 0.733. The topological polar surface area (TPSA) is 93.4 Å². The highest BCUT2D eigenvalue weighted by atomic mass is 19.2. The second-order valence-electron chi connectivity index (χ2n) is 5.64. The van der Waals surface area contributed by atoms with Gasteiger partial charge in [-0.25, -0.2) is 13.8 Å². The molecule has 140 valence electrons. The molecule has 10 heteroatoms. The number of hydrogen-bond acceptors (Lipinski definition) is 7. The fourth-order valence-electron chi connectivity index (χ4n) is 2.31. The van der Waals surface area contributed by atoms with Gasteiger partial charge in [0.2, 0.25) is 5.88 Å². The zero-order valence-electron chi connectivity index (χ0n) is 14.7. The standard InChI is InChI=1S/C17H15F2N5O3/c1-24(2)15-14(17(26-3)21-8-20-15)22-16(25)12-7-13(27-23-12)9-4-5-10(18)11(19)6-9/h4-8H,1-3H3,(H,22,25). The van der Waals surface area contributed by atoms with Gasteiger partial charge in [-0.2, -0.15) is 4.98 Å². The van der Waals surface area contributed by atoms with Gasteiger partial charge >= 0.3 is 0 Å². The highest BCUT2D eigenvalue weighted by molar-refractivity contribution is 6.05. The molecule has 2 aromatic heterocycles. The molecule has 3 rings (SSSR count). The predicted octanol–water partition coefficient (Wildman–Crippen LogP) is 2.74. The molecule has 0 saturated heterocycles. The average molecular weight is 375 g/mol. The van der Waals surface area contributed by atoms with Crippen LogP contribution in [0, 0.1) is 11.6 Å². The number of hydrogen-bond donors (Lipinski definition) is 1. The van der Waals surface area contributed by atoms with Crippen molar-refractivity contribution in [1.82, 2.24) is 15.1 Å². The van der Waals surface area contributed by atoms with Crippen LogP contribution in [0.3, 0.4) is 0 Å². The lowest BCUT2D eigenvalue weighted by molar-refractivity contribution is 0.101. The second-order valence-corrected chi connectivity index (χ2v) is 5.64. The summed E-state index contributed by atoms with van der Waals surface area (Å²) < 4.78 is 36.6. The van der Waals surface area contributed by atoms with Crippen molar-refractivity contribution < 1.29 is 22.8 Å². The van der Waals surface area contributed by atoms with Crippen molar-refractivity contribution in [3.8, 4) is 17.2 Å². The maximum absolute atomic E-state index is 13.4. The summed E-state index contributed by atoms with van der Waals surface area (Å²) in [7, 11) is 4.90. The molecule has 1 aromatic carbocycles. The van der Waals surface area contributed by atoms with Gasteiger partial charge in [-0.1, -0.05) is 5.16 Å². The number of amides is 1. The van der Waals surface area contributed by atoms with E-state index in [-0.39, 0.29) is 28.6 Å². The van der Waals surface area contributed by atoms with E-state index in [0.29, 0.717) is 5.82 Å². The average Bonchev–Trinajstić information content (AvgIpc) is 3.14. The molecular formula is C17H15F2N5O3. The zero-order valence-corrected chi connectivity index (χ0v) is 14.7. The number of rotatable bonds is 5.